The summed E-state index contributed by atoms with van der Waals surface area (Å²) in [5, 5.41) is 0. The van der Waals surface area contributed by atoms with E-state index in [2.05, 4.69) is 0 Å². The number of hydrogen-bond acceptors (Lipinski definition) is 10. The Bertz CT molecular complexity index is 175. The van der Waals surface area contributed by atoms with Crippen molar-refractivity contribution in [1.82, 2.24) is 0 Å². The lowest BCUT2D eigenvalue weighted by atomic mass is 10.5. The van der Waals surface area contributed by atoms with Gasteiger partial charge in [-0.2, -0.15) is 0 Å². The van der Waals surface area contributed by atoms with Crippen LogP contribution in [0.5, 0.6) is 0 Å². The van der Waals surface area contributed by atoms with E-state index >= 15 is 0 Å². The van der Waals surface area contributed by atoms with E-state index in [9.17, 15) is 0 Å². The van der Waals surface area contributed by atoms with E-state index in [1.165, 1.54) is 0 Å². The van der Waals surface area contributed by atoms with Crippen LogP contribution in [0, 0.1) is 0 Å². The van der Waals surface area contributed by atoms with Gasteiger partial charge >= 0.3 is 0 Å². The molecule has 30 heavy (non-hydrogen) atoms. The molecule has 0 amide bonds. The normalized spacial score (nSPS) is 24.0. The topological polar surface area (TPSA) is 92.3 Å². The molecule has 0 saturated carbocycles. The van der Waals surface area contributed by atoms with Crippen LogP contribution in [0.3, 0.4) is 0 Å². The Hall–Kier alpha value is -0.400. The van der Waals surface area contributed by atoms with Gasteiger partial charge in [-0.3, -0.25) is 0 Å². The van der Waals surface area contributed by atoms with Gasteiger partial charge in [0.2, 0.25) is 0 Å². The molecule has 0 aliphatic carbocycles. The van der Waals surface area contributed by atoms with Crippen molar-refractivity contribution in [2.45, 2.75) is 6.42 Å². The molecular weight excluding hydrogens is 400 g/mol. The molecular formula is C20H40O10. The fourth-order valence-corrected chi connectivity index (χ4v) is 2.20. The minimum atomic E-state index is 0.259. The molecule has 1 heterocycles. The lowest BCUT2D eigenvalue weighted by Crippen LogP contribution is -2.15. The van der Waals surface area contributed by atoms with Gasteiger partial charge in [0.25, 0.3) is 0 Å². The standard InChI is InChI=1S/C20H40O10/c1-2-21-4-5-22-6-7-23-8-9-24-10-11-25-12-13-26-14-15-27-16-17-28-18-19-30-20-29-3-1/h1-20H2. The third kappa shape index (κ3) is 22.3. The molecule has 10 heteroatoms. The molecule has 1 aliphatic heterocycles. The van der Waals surface area contributed by atoms with Crippen molar-refractivity contribution in [2.75, 3.05) is 126 Å². The molecule has 1 aliphatic rings. The summed E-state index contributed by atoms with van der Waals surface area (Å²) in [4.78, 5) is 0. The van der Waals surface area contributed by atoms with Crippen LogP contribution in [0.25, 0.3) is 0 Å². The number of rotatable bonds is 0. The Kier molecular flexibility index (Phi) is 22.9. The monoisotopic (exact) mass is 440 g/mol. The van der Waals surface area contributed by atoms with Crippen molar-refractivity contribution >= 4 is 0 Å². The predicted molar refractivity (Wildman–Crippen MR) is 108 cm³/mol. The summed E-state index contributed by atoms with van der Waals surface area (Å²) in [6.45, 7) is 10.0. The molecule has 1 rings (SSSR count). The van der Waals surface area contributed by atoms with Gasteiger partial charge in [-0.15, -0.1) is 0 Å². The first-order valence-electron chi connectivity index (χ1n) is 10.8. The number of ether oxygens (including phenoxy) is 10. The second-order valence-corrected chi connectivity index (χ2v) is 6.19. The van der Waals surface area contributed by atoms with Gasteiger partial charge in [-0.1, -0.05) is 0 Å². The Balaban J connectivity index is 2.00. The smallest absolute Gasteiger partial charge is 0.146 e. The minimum absolute atomic E-state index is 0.259. The highest BCUT2D eigenvalue weighted by Crippen LogP contribution is 1.89. The van der Waals surface area contributed by atoms with E-state index in [4.69, 9.17) is 47.4 Å². The fourth-order valence-electron chi connectivity index (χ4n) is 2.20. The molecule has 0 radical (unpaired) electrons. The van der Waals surface area contributed by atoms with Gasteiger partial charge in [-0.05, 0) is 6.42 Å². The van der Waals surface area contributed by atoms with Crippen LogP contribution < -0.4 is 0 Å². The van der Waals surface area contributed by atoms with Crippen molar-refractivity contribution in [3.63, 3.8) is 0 Å². The SMILES string of the molecule is C1COCCOCCOCCOCCOCCOCCOCCOCCOCOC1. The van der Waals surface area contributed by atoms with Gasteiger partial charge in [-0.25, -0.2) is 0 Å². The Morgan fingerprint density at radius 1 is 0.200 bits per heavy atom. The zero-order chi connectivity index (χ0) is 21.2. The summed E-state index contributed by atoms with van der Waals surface area (Å²) in [5.41, 5.74) is 0. The molecule has 0 unspecified atom stereocenters. The van der Waals surface area contributed by atoms with Crippen LogP contribution in [0.15, 0.2) is 0 Å². The average Bonchev–Trinajstić information content (AvgIpc) is 2.76. The van der Waals surface area contributed by atoms with Crippen LogP contribution in [0.4, 0.5) is 0 Å². The van der Waals surface area contributed by atoms with Crippen LogP contribution in [-0.4, -0.2) is 126 Å². The van der Waals surface area contributed by atoms with E-state index in [-0.39, 0.29) is 6.79 Å². The molecule has 0 spiro atoms. The summed E-state index contributed by atoms with van der Waals surface area (Å²) >= 11 is 0. The lowest BCUT2D eigenvalue weighted by Gasteiger charge is -2.09. The molecule has 0 atom stereocenters. The van der Waals surface area contributed by atoms with Gasteiger partial charge in [0, 0.05) is 6.61 Å². The fraction of sp³-hybridized carbons (Fsp3) is 1.00. The average molecular weight is 441 g/mol. The molecule has 10 nitrogen and oxygen atoms in total. The van der Waals surface area contributed by atoms with Crippen LogP contribution in [0.1, 0.15) is 6.42 Å². The molecule has 180 valence electrons. The van der Waals surface area contributed by atoms with Crippen molar-refractivity contribution in [1.29, 1.82) is 0 Å². The first kappa shape index (κ1) is 27.6. The van der Waals surface area contributed by atoms with E-state index in [1.54, 1.807) is 0 Å². The summed E-state index contributed by atoms with van der Waals surface area (Å²) in [6.07, 6.45) is 0.815. The summed E-state index contributed by atoms with van der Waals surface area (Å²) in [5.74, 6) is 0. The van der Waals surface area contributed by atoms with Gasteiger partial charge in [0.05, 0.1) is 112 Å². The zero-order valence-corrected chi connectivity index (χ0v) is 18.2. The van der Waals surface area contributed by atoms with Gasteiger partial charge in [0.15, 0.2) is 0 Å². The van der Waals surface area contributed by atoms with Crippen LogP contribution >= 0.6 is 0 Å². The van der Waals surface area contributed by atoms with Crippen molar-refractivity contribution in [3.8, 4) is 0 Å². The van der Waals surface area contributed by atoms with E-state index < -0.39 is 0 Å². The third-order valence-corrected chi connectivity index (χ3v) is 3.72. The van der Waals surface area contributed by atoms with Crippen molar-refractivity contribution in [2.24, 2.45) is 0 Å². The van der Waals surface area contributed by atoms with Gasteiger partial charge < -0.3 is 47.4 Å². The highest BCUT2D eigenvalue weighted by molar-refractivity contribution is 4.39. The lowest BCUT2D eigenvalue weighted by molar-refractivity contribution is -0.0771. The van der Waals surface area contributed by atoms with E-state index in [0.717, 1.165) is 6.42 Å². The molecule has 0 aromatic rings. The molecule has 1 fully saturated rings. The molecule has 1 saturated heterocycles. The highest BCUT2D eigenvalue weighted by Gasteiger charge is 1.96. The molecule has 0 aromatic carbocycles. The summed E-state index contributed by atoms with van der Waals surface area (Å²) < 4.78 is 54.1. The molecule has 0 aromatic heterocycles. The largest absolute Gasteiger partial charge is 0.379 e. The Morgan fingerprint density at radius 3 is 0.733 bits per heavy atom. The summed E-state index contributed by atoms with van der Waals surface area (Å²) in [7, 11) is 0. The second kappa shape index (κ2) is 24.9. The van der Waals surface area contributed by atoms with E-state index in [1.807, 2.05) is 0 Å². The maximum atomic E-state index is 5.47. The quantitative estimate of drug-likeness (QED) is 0.531. The van der Waals surface area contributed by atoms with Crippen molar-refractivity contribution < 1.29 is 47.4 Å². The summed E-state index contributed by atoms with van der Waals surface area (Å²) in [6, 6.07) is 0. The van der Waals surface area contributed by atoms with Gasteiger partial charge in [0.1, 0.15) is 6.79 Å². The van der Waals surface area contributed by atoms with Crippen LogP contribution in [0.2, 0.25) is 0 Å². The maximum absolute atomic E-state index is 5.47. The second-order valence-electron chi connectivity index (χ2n) is 6.19. The third-order valence-electron chi connectivity index (χ3n) is 3.72. The maximum Gasteiger partial charge on any atom is 0.146 e. The Morgan fingerprint density at radius 2 is 0.400 bits per heavy atom. The highest BCUT2D eigenvalue weighted by atomic mass is 16.7. The number of hydrogen-bond donors (Lipinski definition) is 0. The zero-order valence-electron chi connectivity index (χ0n) is 18.2. The molecule has 0 bridgehead atoms. The molecule has 0 N–H and O–H groups in total. The van der Waals surface area contributed by atoms with Crippen molar-refractivity contribution in [3.05, 3.63) is 0 Å². The first-order chi connectivity index (χ1) is 15.0. The minimum Gasteiger partial charge on any atom is -0.379 e. The van der Waals surface area contributed by atoms with Crippen LogP contribution in [-0.2, 0) is 47.4 Å². The Labute approximate surface area is 180 Å². The predicted octanol–water partition coefficient (Wildman–Crippen LogP) is 0.514. The first-order valence-corrected chi connectivity index (χ1v) is 10.8. The van der Waals surface area contributed by atoms with E-state index in [0.29, 0.717) is 119 Å².